The van der Waals surface area contributed by atoms with Crippen molar-refractivity contribution in [3.05, 3.63) is 13.8 Å². The van der Waals surface area contributed by atoms with E-state index in [0.717, 1.165) is 6.92 Å². The van der Waals surface area contributed by atoms with Crippen LogP contribution in [0.3, 0.4) is 0 Å². The molecule has 11 heavy (non-hydrogen) atoms. The Bertz CT molecular complexity index is 38.8. The Kier molecular flexibility index (Phi) is 204. The first-order chi connectivity index (χ1) is 3.73. The van der Waals surface area contributed by atoms with Crippen molar-refractivity contribution in [3.8, 4) is 0 Å². The van der Waals surface area contributed by atoms with E-state index in [4.69, 9.17) is 9.90 Å². The minimum absolute atomic E-state index is 0. The molecule has 0 aromatic heterocycles. The second-order valence-corrected chi connectivity index (χ2v) is 0.519. The molecule has 0 unspecified atom stereocenters. The standard InChI is InChI=1S/C2H4O2.2C2H5.2Ca.H2O/c1-2(3)4;2*1-2;;;/h1H3,(H,3,4);2*1H2,2H3;;;1H2/q;2*-1;2*+2;/p-1. The number of hydrogen-bond donors (Lipinski definition) is 0. The molecule has 0 fully saturated rings. The van der Waals surface area contributed by atoms with Crippen LogP contribution in [0.25, 0.3) is 0 Å². The van der Waals surface area contributed by atoms with Crippen LogP contribution in [0.15, 0.2) is 0 Å². The quantitative estimate of drug-likeness (QED) is 0.309. The molecule has 0 aromatic carbocycles. The molecule has 0 atom stereocenters. The smallest absolute Gasteiger partial charge is 0.870 e. The first kappa shape index (κ1) is 38.3. The van der Waals surface area contributed by atoms with Crippen LogP contribution in [0.4, 0.5) is 0 Å². The summed E-state index contributed by atoms with van der Waals surface area (Å²) in [5.74, 6) is -0.833. The molecule has 5 heteroatoms. The molecule has 60 valence electrons. The van der Waals surface area contributed by atoms with Crippen molar-refractivity contribution < 1.29 is 15.4 Å². The van der Waals surface area contributed by atoms with Crippen molar-refractivity contribution in [2.24, 2.45) is 0 Å². The monoisotopic (exact) mass is 215 g/mol. The summed E-state index contributed by atoms with van der Waals surface area (Å²) in [5, 5.41) is 9.00. The molecule has 3 nitrogen and oxygen atoms in total. The minimum Gasteiger partial charge on any atom is -0.870 e. The van der Waals surface area contributed by atoms with Crippen LogP contribution in [-0.4, -0.2) is 91.7 Å². The molecule has 2 N–H and O–H groups in total. The second-order valence-electron chi connectivity index (χ2n) is 0.519. The van der Waals surface area contributed by atoms with Gasteiger partial charge in [-0.15, -0.1) is 0 Å². The second kappa shape index (κ2) is 58.5. The fourth-order valence-electron chi connectivity index (χ4n) is 0. The van der Waals surface area contributed by atoms with E-state index >= 15 is 0 Å². The van der Waals surface area contributed by atoms with Gasteiger partial charge in [0.1, 0.15) is 0 Å². The number of carbonyl (C=O) groups excluding carboxylic acids is 1. The first-order valence-corrected chi connectivity index (χ1v) is 2.34. The van der Waals surface area contributed by atoms with Crippen molar-refractivity contribution in [3.63, 3.8) is 0 Å². The normalized spacial score (nSPS) is 3.36. The summed E-state index contributed by atoms with van der Waals surface area (Å²) < 4.78 is 0. The van der Waals surface area contributed by atoms with Crippen molar-refractivity contribution >= 4 is 81.4 Å². The maximum atomic E-state index is 9.00. The maximum absolute atomic E-state index is 9.00. The molecule has 0 aromatic rings. The van der Waals surface area contributed by atoms with E-state index in [-0.39, 0.29) is 81.0 Å². The third-order valence-corrected chi connectivity index (χ3v) is 0. The number of aliphatic carboxylic acids is 1. The Morgan fingerprint density at radius 2 is 1.09 bits per heavy atom. The largest absolute Gasteiger partial charge is 2.00 e. The Hall–Kier alpha value is 1.95. The van der Waals surface area contributed by atoms with Crippen molar-refractivity contribution in [1.82, 2.24) is 0 Å². The number of hydrogen-bond acceptors (Lipinski definition) is 2. The van der Waals surface area contributed by atoms with Crippen LogP contribution >= 0.6 is 0 Å². The van der Waals surface area contributed by atoms with Gasteiger partial charge in [-0.2, -0.15) is 13.8 Å². The van der Waals surface area contributed by atoms with Gasteiger partial charge in [0.2, 0.25) is 0 Å². The predicted molar refractivity (Wildman–Crippen MR) is 48.1 cm³/mol. The van der Waals surface area contributed by atoms with Crippen LogP contribution in [0.1, 0.15) is 20.8 Å². The third kappa shape index (κ3) is 311. The minimum atomic E-state index is -0.833. The topological polar surface area (TPSA) is 74.5 Å². The summed E-state index contributed by atoms with van der Waals surface area (Å²) in [5.41, 5.74) is 0. The van der Waals surface area contributed by atoms with Crippen molar-refractivity contribution in [2.45, 2.75) is 20.8 Å². The maximum Gasteiger partial charge on any atom is 2.00 e. The summed E-state index contributed by atoms with van der Waals surface area (Å²) in [6, 6.07) is 0. The van der Waals surface area contributed by atoms with Crippen LogP contribution in [0.2, 0.25) is 0 Å². The summed E-state index contributed by atoms with van der Waals surface area (Å²) >= 11 is 0. The average Bonchev–Trinajstić information content (AvgIpc) is 1.75. The number of rotatable bonds is 0. The molecule has 0 amide bonds. The third-order valence-electron chi connectivity index (χ3n) is 0. The van der Waals surface area contributed by atoms with Crippen molar-refractivity contribution in [2.75, 3.05) is 0 Å². The van der Waals surface area contributed by atoms with Gasteiger partial charge in [-0.25, -0.2) is 0 Å². The van der Waals surface area contributed by atoms with E-state index in [0.29, 0.717) is 0 Å². The van der Waals surface area contributed by atoms with E-state index in [2.05, 4.69) is 13.8 Å². The Morgan fingerprint density at radius 3 is 1.09 bits per heavy atom. The van der Waals surface area contributed by atoms with Crippen LogP contribution < -0.4 is 5.11 Å². The fraction of sp³-hybridized carbons (Fsp3) is 0.500. The van der Waals surface area contributed by atoms with E-state index in [9.17, 15) is 0 Å². The first-order valence-electron chi connectivity index (χ1n) is 2.34. The molecule has 0 rings (SSSR count). The number of carboxylic acids is 1. The molecule has 0 saturated carbocycles. The molecule has 0 radical (unpaired) electrons. The van der Waals surface area contributed by atoms with Crippen LogP contribution in [0, 0.1) is 13.8 Å². The molecular formula is C6H15Ca2O3+. The molecule has 0 aliphatic rings. The van der Waals surface area contributed by atoms with Gasteiger partial charge in [0.15, 0.2) is 0 Å². The zero-order valence-corrected chi connectivity index (χ0v) is 12.0. The van der Waals surface area contributed by atoms with Crippen LogP contribution in [-0.2, 0) is 0 Å². The Balaban J connectivity index is -0.00000000813. The van der Waals surface area contributed by atoms with E-state index < -0.39 is 5.97 Å². The van der Waals surface area contributed by atoms with Crippen LogP contribution in [0.5, 0.6) is 0 Å². The zero-order valence-electron chi connectivity index (χ0n) is 7.63. The molecule has 0 saturated heterocycles. The molecular weight excluding hydrogens is 200 g/mol. The van der Waals surface area contributed by atoms with Crippen molar-refractivity contribution in [1.29, 1.82) is 0 Å². The summed E-state index contributed by atoms with van der Waals surface area (Å²) in [6.45, 7) is 11.1. The van der Waals surface area contributed by atoms with Gasteiger partial charge in [0.05, 0.1) is 0 Å². The summed E-state index contributed by atoms with van der Waals surface area (Å²) in [6.07, 6.45) is 0. The van der Waals surface area contributed by atoms with E-state index in [1.165, 1.54) is 0 Å². The average molecular weight is 215 g/mol. The van der Waals surface area contributed by atoms with Gasteiger partial charge < -0.3 is 24.1 Å². The Morgan fingerprint density at radius 1 is 1.09 bits per heavy atom. The summed E-state index contributed by atoms with van der Waals surface area (Å²) in [4.78, 5) is 7.42. The van der Waals surface area contributed by atoms with Gasteiger partial charge in [-0.05, 0) is 0 Å². The van der Waals surface area contributed by atoms with Gasteiger partial charge in [-0.1, -0.05) is 0 Å². The van der Waals surface area contributed by atoms with Gasteiger partial charge in [-0.3, -0.25) is 5.11 Å². The Labute approximate surface area is 129 Å². The van der Waals surface area contributed by atoms with Gasteiger partial charge in [0.25, 0.3) is 5.97 Å². The molecule has 0 spiro atoms. The predicted octanol–water partition coefficient (Wildman–Crippen LogP) is -0.526. The molecule has 0 aliphatic heterocycles. The zero-order chi connectivity index (χ0) is 7.58. The fourth-order valence-corrected chi connectivity index (χ4v) is 0. The van der Waals surface area contributed by atoms with E-state index in [1.807, 2.05) is 0 Å². The molecule has 0 bridgehead atoms. The van der Waals surface area contributed by atoms with E-state index in [1.54, 1.807) is 13.8 Å². The summed E-state index contributed by atoms with van der Waals surface area (Å²) in [7, 11) is 0. The van der Waals surface area contributed by atoms with Gasteiger partial charge >= 0.3 is 75.5 Å². The van der Waals surface area contributed by atoms with Gasteiger partial charge in [0, 0.05) is 6.92 Å². The molecule has 0 heterocycles. The SMILES string of the molecule is CC([O-])=[OH+].[CH2-]C.[CH2-]C.[Ca+2].[Ca+2].[OH-]. The molecule has 0 aliphatic carbocycles. The number of carboxylic acid groups (broad SMARTS) is 1.